The third kappa shape index (κ3) is 4.25. The lowest BCUT2D eigenvalue weighted by atomic mass is 10.4. The van der Waals surface area contributed by atoms with E-state index in [4.69, 9.17) is 4.74 Å². The summed E-state index contributed by atoms with van der Waals surface area (Å²) in [4.78, 5) is 13.2. The van der Waals surface area contributed by atoms with Gasteiger partial charge in [-0.25, -0.2) is 4.79 Å². The first-order valence-corrected chi connectivity index (χ1v) is 4.78. The van der Waals surface area contributed by atoms with Crippen LogP contribution in [0.5, 0.6) is 0 Å². The Morgan fingerprint density at radius 3 is 2.86 bits per heavy atom. The Balaban J connectivity index is 2.02. The molecule has 1 heterocycles. The summed E-state index contributed by atoms with van der Waals surface area (Å²) in [6.07, 6.45) is 1.37. The second-order valence-corrected chi connectivity index (χ2v) is 3.06. The van der Waals surface area contributed by atoms with Gasteiger partial charge in [0.2, 0.25) is 0 Å². The van der Waals surface area contributed by atoms with Crippen LogP contribution in [-0.4, -0.2) is 50.3 Å². The first kappa shape index (κ1) is 11.0. The molecule has 0 saturated carbocycles. The van der Waals surface area contributed by atoms with Gasteiger partial charge in [0, 0.05) is 26.2 Å². The quantitative estimate of drug-likeness (QED) is 0.657. The van der Waals surface area contributed by atoms with E-state index in [0.717, 1.165) is 32.8 Å². The standard InChI is InChI=1S/C9H17N3O2/c1-2-10-9(13)11-3-4-12-5-7-14-8-6-12/h2H,1,3-8H2,(H2,10,11,13). The van der Waals surface area contributed by atoms with Crippen LogP contribution in [0.4, 0.5) is 4.79 Å². The topological polar surface area (TPSA) is 53.6 Å². The van der Waals surface area contributed by atoms with Crippen molar-refractivity contribution < 1.29 is 9.53 Å². The number of nitrogens with zero attached hydrogens (tertiary/aromatic N) is 1. The van der Waals surface area contributed by atoms with Gasteiger partial charge in [0.25, 0.3) is 0 Å². The van der Waals surface area contributed by atoms with Crippen LogP contribution in [0.3, 0.4) is 0 Å². The highest BCUT2D eigenvalue weighted by Gasteiger charge is 2.09. The average molecular weight is 199 g/mol. The maximum Gasteiger partial charge on any atom is 0.318 e. The van der Waals surface area contributed by atoms with Crippen LogP contribution in [0.15, 0.2) is 12.8 Å². The molecule has 0 spiro atoms. The number of ether oxygens (including phenoxy) is 1. The van der Waals surface area contributed by atoms with Crippen molar-refractivity contribution in [3.63, 3.8) is 0 Å². The summed E-state index contributed by atoms with van der Waals surface area (Å²) in [6, 6.07) is -0.201. The summed E-state index contributed by atoms with van der Waals surface area (Å²) in [5.41, 5.74) is 0. The van der Waals surface area contributed by atoms with Gasteiger partial charge in [-0.1, -0.05) is 6.58 Å². The molecule has 14 heavy (non-hydrogen) atoms. The lowest BCUT2D eigenvalue weighted by molar-refractivity contribution is 0.0387. The first-order valence-electron chi connectivity index (χ1n) is 4.78. The van der Waals surface area contributed by atoms with Gasteiger partial charge in [0.15, 0.2) is 0 Å². The molecule has 0 atom stereocenters. The summed E-state index contributed by atoms with van der Waals surface area (Å²) >= 11 is 0. The highest BCUT2D eigenvalue weighted by atomic mass is 16.5. The van der Waals surface area contributed by atoms with E-state index >= 15 is 0 Å². The smallest absolute Gasteiger partial charge is 0.318 e. The predicted octanol–water partition coefficient (Wildman–Crippen LogP) is -0.239. The van der Waals surface area contributed by atoms with Crippen molar-refractivity contribution in [2.45, 2.75) is 0 Å². The summed E-state index contributed by atoms with van der Waals surface area (Å²) in [5.74, 6) is 0. The van der Waals surface area contributed by atoms with Gasteiger partial charge in [0.1, 0.15) is 0 Å². The van der Waals surface area contributed by atoms with Crippen LogP contribution in [0.1, 0.15) is 0 Å². The zero-order valence-electron chi connectivity index (χ0n) is 8.29. The van der Waals surface area contributed by atoms with E-state index in [1.54, 1.807) is 0 Å². The van der Waals surface area contributed by atoms with Crippen LogP contribution in [-0.2, 0) is 4.74 Å². The number of amides is 2. The third-order valence-corrected chi connectivity index (χ3v) is 2.05. The maximum atomic E-state index is 10.9. The van der Waals surface area contributed by atoms with Crippen LogP contribution < -0.4 is 10.6 Å². The number of carbonyl (C=O) groups is 1. The summed E-state index contributed by atoms with van der Waals surface area (Å²) in [5, 5.41) is 5.18. The van der Waals surface area contributed by atoms with E-state index in [1.165, 1.54) is 6.20 Å². The molecule has 1 saturated heterocycles. The second-order valence-electron chi connectivity index (χ2n) is 3.06. The van der Waals surface area contributed by atoms with Gasteiger partial charge >= 0.3 is 6.03 Å². The molecule has 80 valence electrons. The molecule has 0 radical (unpaired) electrons. The fraction of sp³-hybridized carbons (Fsp3) is 0.667. The number of hydrogen-bond donors (Lipinski definition) is 2. The normalized spacial score (nSPS) is 17.4. The van der Waals surface area contributed by atoms with E-state index in [9.17, 15) is 4.79 Å². The largest absolute Gasteiger partial charge is 0.379 e. The van der Waals surface area contributed by atoms with E-state index in [2.05, 4.69) is 22.1 Å². The molecule has 1 fully saturated rings. The number of urea groups is 1. The molecule has 2 amide bonds. The van der Waals surface area contributed by atoms with Gasteiger partial charge in [-0.2, -0.15) is 0 Å². The molecule has 1 aliphatic rings. The lowest BCUT2D eigenvalue weighted by Gasteiger charge is -2.26. The molecular weight excluding hydrogens is 182 g/mol. The fourth-order valence-corrected chi connectivity index (χ4v) is 1.30. The summed E-state index contributed by atoms with van der Waals surface area (Å²) < 4.78 is 5.21. The number of morpholine rings is 1. The molecule has 1 rings (SSSR count). The SMILES string of the molecule is C=CNC(=O)NCCN1CCOCC1. The van der Waals surface area contributed by atoms with Gasteiger partial charge in [0.05, 0.1) is 13.2 Å². The van der Waals surface area contributed by atoms with Crippen molar-refractivity contribution in [3.05, 3.63) is 12.8 Å². The lowest BCUT2D eigenvalue weighted by Crippen LogP contribution is -2.42. The van der Waals surface area contributed by atoms with Crippen molar-refractivity contribution in [1.82, 2.24) is 15.5 Å². The van der Waals surface area contributed by atoms with Gasteiger partial charge in [-0.05, 0) is 6.20 Å². The molecule has 0 aromatic carbocycles. The van der Waals surface area contributed by atoms with Crippen LogP contribution >= 0.6 is 0 Å². The minimum absolute atomic E-state index is 0.201. The van der Waals surface area contributed by atoms with Crippen molar-refractivity contribution in [3.8, 4) is 0 Å². The van der Waals surface area contributed by atoms with Gasteiger partial charge in [-0.15, -0.1) is 0 Å². The minimum Gasteiger partial charge on any atom is -0.379 e. The number of rotatable bonds is 4. The van der Waals surface area contributed by atoms with E-state index in [1.807, 2.05) is 0 Å². The Labute approximate surface area is 84.1 Å². The van der Waals surface area contributed by atoms with Gasteiger partial charge in [-0.3, -0.25) is 4.90 Å². The van der Waals surface area contributed by atoms with Crippen molar-refractivity contribution in [1.29, 1.82) is 0 Å². The Hall–Kier alpha value is -1.07. The Bertz CT molecular complexity index is 190. The minimum atomic E-state index is -0.201. The van der Waals surface area contributed by atoms with E-state index in [0.29, 0.717) is 6.54 Å². The molecule has 1 aliphatic heterocycles. The van der Waals surface area contributed by atoms with Crippen molar-refractivity contribution >= 4 is 6.03 Å². The molecule has 2 N–H and O–H groups in total. The summed E-state index contributed by atoms with van der Waals surface area (Å²) in [7, 11) is 0. The third-order valence-electron chi connectivity index (χ3n) is 2.05. The van der Waals surface area contributed by atoms with E-state index in [-0.39, 0.29) is 6.03 Å². The van der Waals surface area contributed by atoms with Crippen LogP contribution in [0.25, 0.3) is 0 Å². The fourth-order valence-electron chi connectivity index (χ4n) is 1.30. The van der Waals surface area contributed by atoms with Crippen molar-refractivity contribution in [2.24, 2.45) is 0 Å². The molecule has 0 unspecified atom stereocenters. The van der Waals surface area contributed by atoms with E-state index < -0.39 is 0 Å². The van der Waals surface area contributed by atoms with Crippen molar-refractivity contribution in [2.75, 3.05) is 39.4 Å². The number of nitrogens with one attached hydrogen (secondary N) is 2. The highest BCUT2D eigenvalue weighted by Crippen LogP contribution is 1.94. The zero-order chi connectivity index (χ0) is 10.2. The average Bonchev–Trinajstić information content (AvgIpc) is 2.20. The molecule has 0 aromatic rings. The molecular formula is C9H17N3O2. The van der Waals surface area contributed by atoms with Crippen LogP contribution in [0, 0.1) is 0 Å². The zero-order valence-corrected chi connectivity index (χ0v) is 8.29. The Kier molecular flexibility index (Phi) is 5.03. The monoisotopic (exact) mass is 199 g/mol. The molecule has 0 aromatic heterocycles. The van der Waals surface area contributed by atoms with Crippen LogP contribution in [0.2, 0.25) is 0 Å². The van der Waals surface area contributed by atoms with Gasteiger partial charge < -0.3 is 15.4 Å². The summed E-state index contributed by atoms with van der Waals surface area (Å²) in [6.45, 7) is 8.40. The molecule has 0 bridgehead atoms. The predicted molar refractivity (Wildman–Crippen MR) is 54.0 cm³/mol. The maximum absolute atomic E-state index is 10.9. The second kappa shape index (κ2) is 6.39. The molecule has 0 aliphatic carbocycles. The first-order chi connectivity index (χ1) is 6.83. The Morgan fingerprint density at radius 2 is 2.21 bits per heavy atom. The Morgan fingerprint density at radius 1 is 1.50 bits per heavy atom. The molecule has 5 nitrogen and oxygen atoms in total. The number of carbonyl (C=O) groups excluding carboxylic acids is 1. The molecule has 5 heteroatoms. The highest BCUT2D eigenvalue weighted by molar-refractivity contribution is 5.74. The number of hydrogen-bond acceptors (Lipinski definition) is 3.